The Morgan fingerprint density at radius 3 is 2.18 bits per heavy atom. The molecule has 0 bridgehead atoms. The summed E-state index contributed by atoms with van der Waals surface area (Å²) in [6.45, 7) is 13.0. The minimum Gasteiger partial charge on any atom is -0.508 e. The van der Waals surface area contributed by atoms with Crippen LogP contribution in [0.3, 0.4) is 0 Å². The lowest BCUT2D eigenvalue weighted by molar-refractivity contribution is 0.0628. The van der Waals surface area contributed by atoms with Gasteiger partial charge in [-0.2, -0.15) is 0 Å². The van der Waals surface area contributed by atoms with E-state index in [1.807, 2.05) is 49.9 Å². The molecule has 1 saturated heterocycles. The molecule has 5 rings (SSSR count). The fraction of sp³-hybridized carbons (Fsp3) is 0.343. The van der Waals surface area contributed by atoms with Gasteiger partial charge in [-0.1, -0.05) is 43.3 Å². The SMILES string of the molecule is CCNC(=O)c1noc(-c2cc(C(C)C)c(O)cc2O)c1-c1ccc(CN2CCN(C(=O)c3cc(C)c(O)c(C)c3)CC2)cc1. The standard InChI is InChI=1S/C35H40N4O6/c1-6-36-34(43)31-30(33(45-37-31)27-17-26(20(2)3)28(40)18-29(27)41)24-9-7-23(8-10-24)19-38-11-13-39(14-12-38)35(44)25-15-21(4)32(42)22(5)16-25/h7-10,15-18,20,40-42H,6,11-14,19H2,1-5H3,(H,36,43). The number of carbonyl (C=O) groups is 2. The second kappa shape index (κ2) is 13.0. The summed E-state index contributed by atoms with van der Waals surface area (Å²) in [5.74, 6) is -0.168. The van der Waals surface area contributed by atoms with Crippen molar-refractivity contribution in [1.82, 2.24) is 20.3 Å². The van der Waals surface area contributed by atoms with Gasteiger partial charge in [-0.3, -0.25) is 14.5 Å². The molecule has 0 spiro atoms. The molecule has 236 valence electrons. The van der Waals surface area contributed by atoms with Gasteiger partial charge in [0.05, 0.1) is 11.1 Å². The fourth-order valence-electron chi connectivity index (χ4n) is 5.79. The van der Waals surface area contributed by atoms with E-state index in [0.717, 1.165) is 18.7 Å². The first-order valence-electron chi connectivity index (χ1n) is 15.2. The Kier molecular flexibility index (Phi) is 9.15. The van der Waals surface area contributed by atoms with Gasteiger partial charge in [-0.05, 0) is 72.7 Å². The van der Waals surface area contributed by atoms with E-state index in [0.29, 0.717) is 65.1 Å². The molecule has 0 aliphatic carbocycles. The number of benzene rings is 3. The molecule has 2 amide bonds. The summed E-state index contributed by atoms with van der Waals surface area (Å²) in [5.41, 5.74) is 5.27. The lowest BCUT2D eigenvalue weighted by atomic mass is 9.94. The van der Waals surface area contributed by atoms with Crippen LogP contribution in [-0.4, -0.2) is 74.8 Å². The predicted molar refractivity (Wildman–Crippen MR) is 172 cm³/mol. The minimum absolute atomic E-state index is 0.0148. The van der Waals surface area contributed by atoms with Crippen molar-refractivity contribution >= 4 is 11.8 Å². The average molecular weight is 613 g/mol. The first kappa shape index (κ1) is 31.6. The van der Waals surface area contributed by atoms with Crippen LogP contribution in [0.25, 0.3) is 22.5 Å². The van der Waals surface area contributed by atoms with E-state index in [-0.39, 0.29) is 46.4 Å². The van der Waals surface area contributed by atoms with E-state index >= 15 is 0 Å². The van der Waals surface area contributed by atoms with Gasteiger partial charge in [0.2, 0.25) is 0 Å². The Bertz CT molecular complexity index is 1700. The number of nitrogens with zero attached hydrogens (tertiary/aromatic N) is 3. The molecule has 1 aliphatic heterocycles. The highest BCUT2D eigenvalue weighted by atomic mass is 16.5. The van der Waals surface area contributed by atoms with Gasteiger partial charge in [-0.25, -0.2) is 0 Å². The molecule has 1 aliphatic rings. The number of carbonyl (C=O) groups excluding carboxylic acids is 2. The number of phenols is 3. The van der Waals surface area contributed by atoms with Gasteiger partial charge < -0.3 is 30.1 Å². The van der Waals surface area contributed by atoms with Crippen molar-refractivity contribution < 1.29 is 29.4 Å². The highest BCUT2D eigenvalue weighted by molar-refractivity contribution is 6.02. The van der Waals surface area contributed by atoms with Crippen LogP contribution in [0, 0.1) is 13.8 Å². The van der Waals surface area contributed by atoms with Gasteiger partial charge in [0.1, 0.15) is 17.2 Å². The monoisotopic (exact) mass is 612 g/mol. The Morgan fingerprint density at radius 1 is 0.933 bits per heavy atom. The molecule has 0 unspecified atom stereocenters. The third kappa shape index (κ3) is 6.51. The number of nitrogens with one attached hydrogen (secondary N) is 1. The number of hydrogen-bond donors (Lipinski definition) is 4. The van der Waals surface area contributed by atoms with Crippen LogP contribution in [0.1, 0.15) is 69.8 Å². The van der Waals surface area contributed by atoms with E-state index < -0.39 is 0 Å². The van der Waals surface area contributed by atoms with E-state index in [9.17, 15) is 24.9 Å². The Balaban J connectivity index is 1.34. The number of phenolic OH excluding ortho intramolecular Hbond substituents is 3. The summed E-state index contributed by atoms with van der Waals surface area (Å²) < 4.78 is 5.69. The van der Waals surface area contributed by atoms with Crippen molar-refractivity contribution in [2.24, 2.45) is 0 Å². The van der Waals surface area contributed by atoms with Gasteiger partial charge in [0, 0.05) is 50.9 Å². The smallest absolute Gasteiger partial charge is 0.274 e. The number of aryl methyl sites for hydroxylation is 2. The van der Waals surface area contributed by atoms with E-state index in [1.54, 1.807) is 32.0 Å². The second-order valence-corrected chi connectivity index (χ2v) is 11.9. The molecule has 2 heterocycles. The van der Waals surface area contributed by atoms with Crippen molar-refractivity contribution in [3.05, 3.63) is 82.0 Å². The van der Waals surface area contributed by atoms with Crippen molar-refractivity contribution in [3.8, 4) is 39.7 Å². The Labute approximate surface area is 262 Å². The highest BCUT2D eigenvalue weighted by Crippen LogP contribution is 2.43. The van der Waals surface area contributed by atoms with E-state index in [2.05, 4.69) is 15.4 Å². The van der Waals surface area contributed by atoms with Crippen LogP contribution in [0.15, 0.2) is 53.1 Å². The van der Waals surface area contributed by atoms with Crippen molar-refractivity contribution in [2.45, 2.75) is 47.1 Å². The molecule has 10 heteroatoms. The molecule has 0 atom stereocenters. The molecule has 0 saturated carbocycles. The molecule has 10 nitrogen and oxygen atoms in total. The number of aromatic nitrogens is 1. The van der Waals surface area contributed by atoms with Gasteiger partial charge >= 0.3 is 0 Å². The summed E-state index contributed by atoms with van der Waals surface area (Å²) in [6, 6.07) is 14.2. The number of aromatic hydroxyl groups is 3. The molecule has 4 aromatic rings. The molecule has 0 radical (unpaired) electrons. The lowest BCUT2D eigenvalue weighted by Gasteiger charge is -2.35. The maximum atomic E-state index is 13.1. The van der Waals surface area contributed by atoms with E-state index in [4.69, 9.17) is 4.52 Å². The predicted octanol–water partition coefficient (Wildman–Crippen LogP) is 5.57. The summed E-state index contributed by atoms with van der Waals surface area (Å²) in [7, 11) is 0. The Hall–Kier alpha value is -4.83. The van der Waals surface area contributed by atoms with Gasteiger partial charge in [0.25, 0.3) is 11.8 Å². The van der Waals surface area contributed by atoms with Crippen LogP contribution >= 0.6 is 0 Å². The maximum absolute atomic E-state index is 13.1. The highest BCUT2D eigenvalue weighted by Gasteiger charge is 2.28. The third-order valence-corrected chi connectivity index (χ3v) is 8.30. The first-order valence-corrected chi connectivity index (χ1v) is 15.2. The van der Waals surface area contributed by atoms with Gasteiger partial charge in [-0.15, -0.1) is 0 Å². The normalized spacial score (nSPS) is 13.8. The quantitative estimate of drug-likeness (QED) is 0.203. The van der Waals surface area contributed by atoms with Crippen molar-refractivity contribution in [1.29, 1.82) is 0 Å². The largest absolute Gasteiger partial charge is 0.508 e. The third-order valence-electron chi connectivity index (χ3n) is 8.30. The van der Waals surface area contributed by atoms with Crippen LogP contribution in [-0.2, 0) is 6.54 Å². The zero-order valence-electron chi connectivity index (χ0n) is 26.3. The summed E-state index contributed by atoms with van der Waals surface area (Å²) >= 11 is 0. The molecular weight excluding hydrogens is 572 g/mol. The minimum atomic E-state index is -0.390. The zero-order chi connectivity index (χ0) is 32.4. The average Bonchev–Trinajstić information content (AvgIpc) is 3.45. The Morgan fingerprint density at radius 2 is 1.58 bits per heavy atom. The number of piperazine rings is 1. The summed E-state index contributed by atoms with van der Waals surface area (Å²) in [4.78, 5) is 30.2. The fourth-order valence-corrected chi connectivity index (χ4v) is 5.79. The van der Waals surface area contributed by atoms with Crippen LogP contribution < -0.4 is 5.32 Å². The topological polar surface area (TPSA) is 139 Å². The maximum Gasteiger partial charge on any atom is 0.274 e. The summed E-state index contributed by atoms with van der Waals surface area (Å²) in [5, 5.41) is 38.1. The molecule has 4 N–H and O–H groups in total. The number of amides is 2. The molecule has 1 fully saturated rings. The second-order valence-electron chi connectivity index (χ2n) is 11.9. The van der Waals surface area contributed by atoms with Crippen molar-refractivity contribution in [2.75, 3.05) is 32.7 Å². The first-order chi connectivity index (χ1) is 21.5. The van der Waals surface area contributed by atoms with Crippen LogP contribution in [0.2, 0.25) is 0 Å². The van der Waals surface area contributed by atoms with Gasteiger partial charge in [0.15, 0.2) is 11.5 Å². The van der Waals surface area contributed by atoms with Crippen LogP contribution in [0.5, 0.6) is 17.2 Å². The lowest BCUT2D eigenvalue weighted by Crippen LogP contribution is -2.48. The summed E-state index contributed by atoms with van der Waals surface area (Å²) in [6.07, 6.45) is 0. The molecular formula is C35H40N4O6. The number of rotatable bonds is 8. The van der Waals surface area contributed by atoms with Crippen LogP contribution in [0.4, 0.5) is 0 Å². The van der Waals surface area contributed by atoms with Crippen molar-refractivity contribution in [3.63, 3.8) is 0 Å². The number of hydrogen-bond acceptors (Lipinski definition) is 8. The van der Waals surface area contributed by atoms with E-state index in [1.165, 1.54) is 6.07 Å². The molecule has 3 aromatic carbocycles. The zero-order valence-corrected chi connectivity index (χ0v) is 26.3. The molecule has 45 heavy (non-hydrogen) atoms. The molecule has 1 aromatic heterocycles.